The van der Waals surface area contributed by atoms with E-state index >= 15 is 0 Å². The van der Waals surface area contributed by atoms with Crippen LogP contribution in [0.15, 0.2) is 0 Å². The molecular weight excluding hydrogens is 257 g/mol. The molecule has 19 heavy (non-hydrogen) atoms. The van der Waals surface area contributed by atoms with Crippen molar-refractivity contribution in [3.63, 3.8) is 0 Å². The number of hydrogen-bond acceptors (Lipinski definition) is 2. The van der Waals surface area contributed by atoms with Crippen LogP contribution in [0.3, 0.4) is 0 Å². The third-order valence-electron chi connectivity index (χ3n) is 4.41. The highest BCUT2D eigenvalue weighted by Gasteiger charge is 2.49. The third kappa shape index (κ3) is 3.22. The normalized spacial score (nSPS) is 32.6. The van der Waals surface area contributed by atoms with Crippen LogP contribution in [-0.2, 0) is 4.79 Å². The van der Waals surface area contributed by atoms with Crippen LogP contribution in [0.1, 0.15) is 32.1 Å². The first-order chi connectivity index (χ1) is 8.93. The van der Waals surface area contributed by atoms with Crippen molar-refractivity contribution in [1.82, 2.24) is 10.2 Å². The Kier molecular flexibility index (Phi) is 4.38. The fourth-order valence-electron chi connectivity index (χ4n) is 3.25. The number of nitrogens with zero attached hydrogens (tertiary/aromatic N) is 1. The minimum atomic E-state index is -4.25. The monoisotopic (exact) mass is 278 g/mol. The second-order valence-corrected chi connectivity index (χ2v) is 5.60. The van der Waals surface area contributed by atoms with Gasteiger partial charge < -0.3 is 10.2 Å². The summed E-state index contributed by atoms with van der Waals surface area (Å²) in [5.41, 5.74) is 0. The van der Waals surface area contributed by atoms with Crippen molar-refractivity contribution in [3.8, 4) is 0 Å². The molecule has 110 valence electrons. The molecule has 0 aromatic heterocycles. The molecule has 0 aromatic rings. The van der Waals surface area contributed by atoms with Crippen molar-refractivity contribution in [2.45, 2.75) is 44.3 Å². The van der Waals surface area contributed by atoms with Crippen LogP contribution in [0, 0.1) is 11.8 Å². The van der Waals surface area contributed by atoms with Gasteiger partial charge in [-0.25, -0.2) is 0 Å². The standard InChI is InChI=1S/C13H21F3N2O/c1-17-9-6-7-18(8-9)12(19)10-4-2-3-5-11(10)13(14,15)16/h9-11,17H,2-8H2,1H3. The number of halogens is 3. The van der Waals surface area contributed by atoms with E-state index < -0.39 is 18.0 Å². The second kappa shape index (κ2) is 5.69. The highest BCUT2D eigenvalue weighted by atomic mass is 19.4. The van der Waals surface area contributed by atoms with Crippen LogP contribution < -0.4 is 5.32 Å². The summed E-state index contributed by atoms with van der Waals surface area (Å²) >= 11 is 0. The Morgan fingerprint density at radius 1 is 1.21 bits per heavy atom. The first-order valence-electron chi connectivity index (χ1n) is 6.96. The van der Waals surface area contributed by atoms with E-state index in [-0.39, 0.29) is 18.4 Å². The summed E-state index contributed by atoms with van der Waals surface area (Å²) < 4.78 is 39.0. The number of rotatable bonds is 2. The summed E-state index contributed by atoms with van der Waals surface area (Å²) in [6.45, 7) is 1.11. The molecule has 1 amide bonds. The SMILES string of the molecule is CNC1CCN(C(=O)C2CCCCC2C(F)(F)F)C1. The first-order valence-corrected chi connectivity index (χ1v) is 6.96. The molecule has 3 unspecified atom stereocenters. The van der Waals surface area contributed by atoms with Gasteiger partial charge >= 0.3 is 6.18 Å². The van der Waals surface area contributed by atoms with E-state index in [1.165, 1.54) is 0 Å². The predicted molar refractivity (Wildman–Crippen MR) is 65.5 cm³/mol. The number of likely N-dealkylation sites (N-methyl/N-ethyl adjacent to an activating group) is 1. The number of nitrogens with one attached hydrogen (secondary N) is 1. The number of carbonyl (C=O) groups is 1. The van der Waals surface area contributed by atoms with Gasteiger partial charge in [-0.2, -0.15) is 13.2 Å². The second-order valence-electron chi connectivity index (χ2n) is 5.60. The van der Waals surface area contributed by atoms with Gasteiger partial charge in [-0.05, 0) is 26.3 Å². The quantitative estimate of drug-likeness (QED) is 0.839. The number of likely N-dealkylation sites (tertiary alicyclic amines) is 1. The smallest absolute Gasteiger partial charge is 0.341 e. The molecule has 2 rings (SSSR count). The Bertz CT molecular complexity index is 332. The first kappa shape index (κ1) is 14.6. The number of carbonyl (C=O) groups excluding carboxylic acids is 1. The Hall–Kier alpha value is -0.780. The predicted octanol–water partition coefficient (Wildman–Crippen LogP) is 2.18. The van der Waals surface area contributed by atoms with Gasteiger partial charge in [0.25, 0.3) is 0 Å². The summed E-state index contributed by atoms with van der Waals surface area (Å²) in [5, 5.41) is 3.08. The van der Waals surface area contributed by atoms with Crippen LogP contribution in [0.25, 0.3) is 0 Å². The van der Waals surface area contributed by atoms with Crippen molar-refractivity contribution in [3.05, 3.63) is 0 Å². The highest BCUT2D eigenvalue weighted by molar-refractivity contribution is 5.79. The van der Waals surface area contributed by atoms with Gasteiger partial charge in [-0.3, -0.25) is 4.79 Å². The van der Waals surface area contributed by atoms with E-state index in [0.717, 1.165) is 12.8 Å². The maximum Gasteiger partial charge on any atom is 0.392 e. The molecule has 6 heteroatoms. The molecule has 0 bridgehead atoms. The van der Waals surface area contributed by atoms with E-state index in [9.17, 15) is 18.0 Å². The van der Waals surface area contributed by atoms with Crippen LogP contribution in [-0.4, -0.2) is 43.2 Å². The van der Waals surface area contributed by atoms with Gasteiger partial charge in [-0.1, -0.05) is 12.8 Å². The molecule has 1 N–H and O–H groups in total. The molecule has 3 nitrogen and oxygen atoms in total. The molecule has 1 heterocycles. The van der Waals surface area contributed by atoms with Gasteiger partial charge in [0.05, 0.1) is 5.92 Å². The van der Waals surface area contributed by atoms with Gasteiger partial charge in [0.15, 0.2) is 0 Å². The molecule has 1 saturated carbocycles. The number of alkyl halides is 3. The summed E-state index contributed by atoms with van der Waals surface area (Å²) in [6.07, 6.45) is -1.64. The maximum absolute atomic E-state index is 13.0. The summed E-state index contributed by atoms with van der Waals surface area (Å²) in [5.74, 6) is -2.59. The fourth-order valence-corrected chi connectivity index (χ4v) is 3.25. The minimum Gasteiger partial charge on any atom is -0.341 e. The zero-order valence-corrected chi connectivity index (χ0v) is 11.2. The van der Waals surface area contributed by atoms with Gasteiger partial charge in [-0.15, -0.1) is 0 Å². The molecule has 1 aliphatic carbocycles. The van der Waals surface area contributed by atoms with Gasteiger partial charge in [0, 0.05) is 25.0 Å². The Morgan fingerprint density at radius 3 is 2.47 bits per heavy atom. The molecule has 3 atom stereocenters. The molecule has 1 aliphatic heterocycles. The average molecular weight is 278 g/mol. The van der Waals surface area contributed by atoms with Crippen LogP contribution in [0.4, 0.5) is 13.2 Å². The zero-order chi connectivity index (χ0) is 14.0. The molecule has 0 aromatic carbocycles. The lowest BCUT2D eigenvalue weighted by Gasteiger charge is -2.34. The van der Waals surface area contributed by atoms with E-state index in [4.69, 9.17) is 0 Å². The maximum atomic E-state index is 13.0. The highest BCUT2D eigenvalue weighted by Crippen LogP contribution is 2.42. The summed E-state index contributed by atoms with van der Waals surface area (Å²) in [6, 6.07) is 0.219. The van der Waals surface area contributed by atoms with E-state index in [1.54, 1.807) is 4.90 Å². The van der Waals surface area contributed by atoms with Crippen LogP contribution in [0.2, 0.25) is 0 Å². The fraction of sp³-hybridized carbons (Fsp3) is 0.923. The lowest BCUT2D eigenvalue weighted by molar-refractivity contribution is -0.200. The van der Waals surface area contributed by atoms with Gasteiger partial charge in [0.2, 0.25) is 5.91 Å². The average Bonchev–Trinajstić information content (AvgIpc) is 2.85. The van der Waals surface area contributed by atoms with Crippen molar-refractivity contribution >= 4 is 5.91 Å². The Balaban J connectivity index is 2.04. The number of amides is 1. The van der Waals surface area contributed by atoms with E-state index in [2.05, 4.69) is 5.32 Å². The van der Waals surface area contributed by atoms with Crippen LogP contribution >= 0.6 is 0 Å². The van der Waals surface area contributed by atoms with Crippen molar-refractivity contribution in [2.75, 3.05) is 20.1 Å². The van der Waals surface area contributed by atoms with Crippen molar-refractivity contribution in [1.29, 1.82) is 0 Å². The molecule has 2 fully saturated rings. The topological polar surface area (TPSA) is 32.3 Å². The lowest BCUT2D eigenvalue weighted by atomic mass is 9.78. The summed E-state index contributed by atoms with van der Waals surface area (Å²) in [4.78, 5) is 13.9. The molecule has 2 aliphatic rings. The zero-order valence-electron chi connectivity index (χ0n) is 11.2. The van der Waals surface area contributed by atoms with Gasteiger partial charge in [0.1, 0.15) is 0 Å². The largest absolute Gasteiger partial charge is 0.392 e. The van der Waals surface area contributed by atoms with Crippen molar-refractivity contribution < 1.29 is 18.0 Å². The Labute approximate surface area is 111 Å². The Morgan fingerprint density at radius 2 is 1.89 bits per heavy atom. The molecular formula is C13H21F3N2O. The van der Waals surface area contributed by atoms with E-state index in [1.807, 2.05) is 7.05 Å². The third-order valence-corrected chi connectivity index (χ3v) is 4.41. The summed E-state index contributed by atoms with van der Waals surface area (Å²) in [7, 11) is 1.82. The minimum absolute atomic E-state index is 0.100. The van der Waals surface area contributed by atoms with Crippen LogP contribution in [0.5, 0.6) is 0 Å². The molecule has 0 spiro atoms. The number of hydrogen-bond donors (Lipinski definition) is 1. The lowest BCUT2D eigenvalue weighted by Crippen LogP contribution is -2.44. The van der Waals surface area contributed by atoms with Crippen molar-refractivity contribution in [2.24, 2.45) is 11.8 Å². The molecule has 0 radical (unpaired) electrons. The molecule has 1 saturated heterocycles. The van der Waals surface area contributed by atoms with E-state index in [0.29, 0.717) is 25.9 Å².